The summed E-state index contributed by atoms with van der Waals surface area (Å²) in [4.78, 5) is 4.26. The van der Waals surface area contributed by atoms with E-state index in [9.17, 15) is 12.8 Å². The summed E-state index contributed by atoms with van der Waals surface area (Å²) in [6, 6.07) is 7.42. The third-order valence-electron chi connectivity index (χ3n) is 3.87. The van der Waals surface area contributed by atoms with Gasteiger partial charge in [0.2, 0.25) is 5.82 Å². The van der Waals surface area contributed by atoms with E-state index in [0.717, 1.165) is 24.2 Å². The van der Waals surface area contributed by atoms with Crippen molar-refractivity contribution in [2.24, 2.45) is 0 Å². The van der Waals surface area contributed by atoms with Gasteiger partial charge in [0.25, 0.3) is 15.9 Å². The number of aromatic nitrogens is 2. The van der Waals surface area contributed by atoms with Crippen LogP contribution in [0.1, 0.15) is 26.7 Å². The average molecular weight is 410 g/mol. The Morgan fingerprint density at radius 3 is 2.56 bits per heavy atom. The minimum atomic E-state index is -3.55. The maximum Gasteiger partial charge on any atom is 0.259 e. The molecule has 1 aromatic carbocycles. The van der Waals surface area contributed by atoms with Gasteiger partial charge in [-0.1, -0.05) is 31.1 Å². The predicted molar refractivity (Wildman–Crippen MR) is 102 cm³/mol. The van der Waals surface area contributed by atoms with E-state index in [4.69, 9.17) is 4.52 Å². The first-order valence-electron chi connectivity index (χ1n) is 8.64. The van der Waals surface area contributed by atoms with Crippen molar-refractivity contribution in [3.63, 3.8) is 0 Å². The summed E-state index contributed by atoms with van der Waals surface area (Å²) in [5.74, 6) is 0.0536. The van der Waals surface area contributed by atoms with Gasteiger partial charge in [-0.25, -0.2) is 12.8 Å². The molecule has 3 aromatic rings. The lowest BCUT2D eigenvalue weighted by Crippen LogP contribution is -2.32. The SMILES string of the molecule is CCCN(CCC)S(=O)(=O)c1cc(-c2nc(-c3cccc(F)c3)no2)cs1. The maximum atomic E-state index is 13.4. The van der Waals surface area contributed by atoms with E-state index < -0.39 is 15.8 Å². The van der Waals surface area contributed by atoms with Gasteiger partial charge < -0.3 is 4.52 Å². The molecule has 0 N–H and O–H groups in total. The van der Waals surface area contributed by atoms with E-state index in [1.54, 1.807) is 23.6 Å². The molecule has 0 amide bonds. The zero-order valence-corrected chi connectivity index (χ0v) is 16.7. The number of nitrogens with zero attached hydrogens (tertiary/aromatic N) is 3. The van der Waals surface area contributed by atoms with Gasteiger partial charge in [-0.05, 0) is 31.0 Å². The van der Waals surface area contributed by atoms with Crippen molar-refractivity contribution < 1.29 is 17.3 Å². The molecular weight excluding hydrogens is 389 g/mol. The van der Waals surface area contributed by atoms with E-state index >= 15 is 0 Å². The standard InChI is InChI=1S/C18H20FN3O3S2/c1-3-8-22(9-4-2)27(23,24)16-11-14(12-26-16)18-20-17(21-25-18)13-6-5-7-15(19)10-13/h5-7,10-12H,3-4,8-9H2,1-2H3. The quantitative estimate of drug-likeness (QED) is 0.551. The normalized spacial score (nSPS) is 12.0. The van der Waals surface area contributed by atoms with Crippen molar-refractivity contribution >= 4 is 21.4 Å². The minimum Gasteiger partial charge on any atom is -0.334 e. The topological polar surface area (TPSA) is 76.3 Å². The highest BCUT2D eigenvalue weighted by Gasteiger charge is 2.26. The second-order valence-corrected chi connectivity index (χ2v) is 9.07. The molecule has 0 bridgehead atoms. The van der Waals surface area contributed by atoms with Crippen molar-refractivity contribution in [3.05, 3.63) is 41.5 Å². The van der Waals surface area contributed by atoms with Gasteiger partial charge in [0.15, 0.2) is 0 Å². The highest BCUT2D eigenvalue weighted by atomic mass is 32.2. The monoisotopic (exact) mass is 409 g/mol. The molecule has 27 heavy (non-hydrogen) atoms. The minimum absolute atomic E-state index is 0.199. The molecule has 0 saturated carbocycles. The van der Waals surface area contributed by atoms with Gasteiger partial charge in [0.05, 0.1) is 5.56 Å². The molecule has 0 atom stereocenters. The predicted octanol–water partition coefficient (Wildman–Crippen LogP) is 4.41. The van der Waals surface area contributed by atoms with Gasteiger partial charge >= 0.3 is 0 Å². The molecule has 0 aliphatic heterocycles. The molecule has 0 aliphatic carbocycles. The van der Waals surface area contributed by atoms with Crippen LogP contribution < -0.4 is 0 Å². The molecule has 6 nitrogen and oxygen atoms in total. The van der Waals surface area contributed by atoms with Crippen LogP contribution in [-0.4, -0.2) is 36.0 Å². The number of rotatable bonds is 8. The largest absolute Gasteiger partial charge is 0.334 e. The van der Waals surface area contributed by atoms with E-state index in [-0.39, 0.29) is 15.9 Å². The van der Waals surface area contributed by atoms with Crippen LogP contribution in [0.5, 0.6) is 0 Å². The number of benzene rings is 1. The number of halogens is 1. The van der Waals surface area contributed by atoms with Crippen LogP contribution in [0, 0.1) is 5.82 Å². The molecular formula is C18H20FN3O3S2. The summed E-state index contributed by atoms with van der Waals surface area (Å²) in [5.41, 5.74) is 1.02. The summed E-state index contributed by atoms with van der Waals surface area (Å²) >= 11 is 1.12. The molecule has 0 fully saturated rings. The molecule has 0 radical (unpaired) electrons. The summed E-state index contributed by atoms with van der Waals surface area (Å²) in [5, 5.41) is 5.53. The first-order valence-corrected chi connectivity index (χ1v) is 11.0. The fourth-order valence-electron chi connectivity index (χ4n) is 2.63. The first kappa shape index (κ1) is 19.7. The molecule has 0 unspecified atom stereocenters. The highest BCUT2D eigenvalue weighted by molar-refractivity contribution is 7.91. The van der Waals surface area contributed by atoms with Crippen molar-refractivity contribution in [3.8, 4) is 22.8 Å². The number of sulfonamides is 1. The van der Waals surface area contributed by atoms with Crippen molar-refractivity contribution in [1.29, 1.82) is 0 Å². The zero-order valence-electron chi connectivity index (χ0n) is 15.1. The van der Waals surface area contributed by atoms with Gasteiger partial charge in [0.1, 0.15) is 10.0 Å². The maximum absolute atomic E-state index is 13.4. The Morgan fingerprint density at radius 1 is 1.15 bits per heavy atom. The van der Waals surface area contributed by atoms with Crippen LogP contribution in [-0.2, 0) is 10.0 Å². The van der Waals surface area contributed by atoms with Crippen molar-refractivity contribution in [2.75, 3.05) is 13.1 Å². The van der Waals surface area contributed by atoms with Crippen LogP contribution in [0.3, 0.4) is 0 Å². The molecule has 0 aliphatic rings. The van der Waals surface area contributed by atoms with Crippen LogP contribution in [0.15, 0.2) is 44.4 Å². The van der Waals surface area contributed by atoms with Crippen LogP contribution in [0.4, 0.5) is 4.39 Å². The summed E-state index contributed by atoms with van der Waals surface area (Å²) in [6.07, 6.45) is 1.50. The molecule has 0 saturated heterocycles. The lowest BCUT2D eigenvalue weighted by atomic mass is 10.2. The third-order valence-corrected chi connectivity index (χ3v) is 7.19. The average Bonchev–Trinajstić information content (AvgIpc) is 3.31. The first-order chi connectivity index (χ1) is 13.0. The Kier molecular flexibility index (Phi) is 6.03. The van der Waals surface area contributed by atoms with Gasteiger partial charge in [-0.15, -0.1) is 11.3 Å². The Hall–Kier alpha value is -2.10. The molecule has 0 spiro atoms. The van der Waals surface area contributed by atoms with E-state index in [1.165, 1.54) is 16.4 Å². The summed E-state index contributed by atoms with van der Waals surface area (Å²) in [6.45, 7) is 4.86. The fraction of sp³-hybridized carbons (Fsp3) is 0.333. The van der Waals surface area contributed by atoms with Gasteiger partial charge in [-0.2, -0.15) is 9.29 Å². The van der Waals surface area contributed by atoms with Crippen molar-refractivity contribution in [1.82, 2.24) is 14.4 Å². The van der Waals surface area contributed by atoms with Gasteiger partial charge in [0, 0.05) is 24.0 Å². The van der Waals surface area contributed by atoms with E-state index in [1.807, 2.05) is 13.8 Å². The fourth-order valence-corrected chi connectivity index (χ4v) is 5.56. The summed E-state index contributed by atoms with van der Waals surface area (Å²) < 4.78 is 46.0. The zero-order chi connectivity index (χ0) is 19.4. The van der Waals surface area contributed by atoms with Crippen LogP contribution in [0.2, 0.25) is 0 Å². The van der Waals surface area contributed by atoms with E-state index in [0.29, 0.717) is 24.2 Å². The van der Waals surface area contributed by atoms with Crippen LogP contribution in [0.25, 0.3) is 22.8 Å². The lowest BCUT2D eigenvalue weighted by Gasteiger charge is -2.19. The molecule has 144 valence electrons. The van der Waals surface area contributed by atoms with Gasteiger partial charge in [-0.3, -0.25) is 0 Å². The smallest absolute Gasteiger partial charge is 0.259 e. The lowest BCUT2D eigenvalue weighted by molar-refractivity contribution is 0.411. The second kappa shape index (κ2) is 8.28. The van der Waals surface area contributed by atoms with Crippen molar-refractivity contribution in [2.45, 2.75) is 30.9 Å². The summed E-state index contributed by atoms with van der Waals surface area (Å²) in [7, 11) is -3.55. The third kappa shape index (κ3) is 4.26. The second-order valence-electron chi connectivity index (χ2n) is 5.99. The molecule has 2 heterocycles. The number of hydrogen-bond acceptors (Lipinski definition) is 6. The Balaban J connectivity index is 1.88. The molecule has 3 rings (SSSR count). The number of thiophene rings is 1. The highest BCUT2D eigenvalue weighted by Crippen LogP contribution is 2.31. The molecule has 2 aromatic heterocycles. The van der Waals surface area contributed by atoms with E-state index in [2.05, 4.69) is 10.1 Å². The Bertz CT molecular complexity index is 1010. The molecule has 9 heteroatoms. The van der Waals surface area contributed by atoms with Crippen LogP contribution >= 0.6 is 11.3 Å². The Labute approximate surface area is 161 Å². The Morgan fingerprint density at radius 2 is 1.89 bits per heavy atom. The number of hydrogen-bond donors (Lipinski definition) is 0.